The Bertz CT molecular complexity index is 783. The average molecular weight is 364 g/mol. The van der Waals surface area contributed by atoms with Gasteiger partial charge in [0.25, 0.3) is 0 Å². The summed E-state index contributed by atoms with van der Waals surface area (Å²) in [6.45, 7) is 6.14. The standard InChI is InChI=1S/C17H20N2O5S/c1-4-11(5-2)9-24-14-7-6-12(8-13(14)19(22)23)16-18-10(3)15(25-16)17(20)21/h6-8,11H,4-5,9H2,1-3H3,(H,20,21). The van der Waals surface area contributed by atoms with E-state index in [1.807, 2.05) is 0 Å². The smallest absolute Gasteiger partial charge is 0.347 e. The Morgan fingerprint density at radius 3 is 2.60 bits per heavy atom. The number of aryl methyl sites for hydroxylation is 1. The Morgan fingerprint density at radius 2 is 2.08 bits per heavy atom. The molecule has 1 heterocycles. The molecule has 0 saturated heterocycles. The van der Waals surface area contributed by atoms with Gasteiger partial charge in [-0.3, -0.25) is 10.1 Å². The van der Waals surface area contributed by atoms with Crippen molar-refractivity contribution >= 4 is 23.0 Å². The Kier molecular flexibility index (Phi) is 6.08. The lowest BCUT2D eigenvalue weighted by Crippen LogP contribution is -2.11. The van der Waals surface area contributed by atoms with E-state index in [0.29, 0.717) is 28.8 Å². The van der Waals surface area contributed by atoms with E-state index < -0.39 is 10.9 Å². The van der Waals surface area contributed by atoms with Crippen LogP contribution in [0.25, 0.3) is 10.6 Å². The van der Waals surface area contributed by atoms with Crippen molar-refractivity contribution in [3.63, 3.8) is 0 Å². The number of carbonyl (C=O) groups is 1. The summed E-state index contributed by atoms with van der Waals surface area (Å²) in [6.07, 6.45) is 1.89. The van der Waals surface area contributed by atoms with Crippen molar-refractivity contribution in [2.45, 2.75) is 33.6 Å². The highest BCUT2D eigenvalue weighted by molar-refractivity contribution is 7.17. The zero-order valence-electron chi connectivity index (χ0n) is 14.3. The van der Waals surface area contributed by atoms with Crippen molar-refractivity contribution in [2.75, 3.05) is 6.61 Å². The topological polar surface area (TPSA) is 103 Å². The molecule has 0 unspecified atom stereocenters. The van der Waals surface area contributed by atoms with Crippen LogP contribution in [0.1, 0.15) is 42.1 Å². The molecule has 0 aliphatic carbocycles. The number of benzene rings is 1. The van der Waals surface area contributed by atoms with Gasteiger partial charge < -0.3 is 9.84 Å². The predicted molar refractivity (Wildman–Crippen MR) is 95.5 cm³/mol. The van der Waals surface area contributed by atoms with E-state index in [0.717, 1.165) is 24.2 Å². The summed E-state index contributed by atoms with van der Waals surface area (Å²) in [5.41, 5.74) is 0.750. The number of thiazole rings is 1. The maximum Gasteiger partial charge on any atom is 0.347 e. The third-order valence-electron chi connectivity index (χ3n) is 4.02. The third kappa shape index (κ3) is 4.33. The molecule has 0 aliphatic heterocycles. The van der Waals surface area contributed by atoms with E-state index >= 15 is 0 Å². The van der Waals surface area contributed by atoms with Gasteiger partial charge in [-0.15, -0.1) is 11.3 Å². The fourth-order valence-corrected chi connectivity index (χ4v) is 3.27. The summed E-state index contributed by atoms with van der Waals surface area (Å²) < 4.78 is 5.65. The van der Waals surface area contributed by atoms with Crippen molar-refractivity contribution in [3.8, 4) is 16.3 Å². The van der Waals surface area contributed by atoms with Gasteiger partial charge in [-0.2, -0.15) is 0 Å². The monoisotopic (exact) mass is 364 g/mol. The van der Waals surface area contributed by atoms with Crippen LogP contribution in [0, 0.1) is 23.0 Å². The molecule has 0 saturated carbocycles. The summed E-state index contributed by atoms with van der Waals surface area (Å²) in [5, 5.41) is 20.9. The molecule has 0 radical (unpaired) electrons. The molecule has 2 aromatic rings. The fourth-order valence-electron chi connectivity index (χ4n) is 2.37. The van der Waals surface area contributed by atoms with Crippen LogP contribution >= 0.6 is 11.3 Å². The zero-order valence-corrected chi connectivity index (χ0v) is 15.1. The van der Waals surface area contributed by atoms with Gasteiger partial charge in [-0.25, -0.2) is 9.78 Å². The van der Waals surface area contributed by atoms with Gasteiger partial charge in [0.05, 0.1) is 17.2 Å². The second-order valence-electron chi connectivity index (χ2n) is 5.67. The maximum atomic E-state index is 11.4. The van der Waals surface area contributed by atoms with Crippen molar-refractivity contribution in [2.24, 2.45) is 5.92 Å². The first-order valence-electron chi connectivity index (χ1n) is 7.99. The van der Waals surface area contributed by atoms with Gasteiger partial charge in [0, 0.05) is 11.6 Å². The molecule has 1 aromatic carbocycles. The number of rotatable bonds is 8. The van der Waals surface area contributed by atoms with Gasteiger partial charge in [0.1, 0.15) is 9.88 Å². The molecule has 1 N–H and O–H groups in total. The Labute approximate surface area is 149 Å². The summed E-state index contributed by atoms with van der Waals surface area (Å²) >= 11 is 0.998. The largest absolute Gasteiger partial charge is 0.487 e. The molecule has 8 heteroatoms. The van der Waals surface area contributed by atoms with Crippen LogP contribution in [0.15, 0.2) is 18.2 Å². The van der Waals surface area contributed by atoms with E-state index in [-0.39, 0.29) is 16.3 Å². The Hall–Kier alpha value is -2.48. The van der Waals surface area contributed by atoms with Crippen molar-refractivity contribution in [1.82, 2.24) is 4.98 Å². The first-order chi connectivity index (χ1) is 11.9. The molecule has 134 valence electrons. The van der Waals surface area contributed by atoms with E-state index in [9.17, 15) is 14.9 Å². The van der Waals surface area contributed by atoms with E-state index in [4.69, 9.17) is 9.84 Å². The molecule has 0 atom stereocenters. The first kappa shape index (κ1) is 18.9. The van der Waals surface area contributed by atoms with Crippen molar-refractivity contribution < 1.29 is 19.6 Å². The zero-order chi connectivity index (χ0) is 18.6. The summed E-state index contributed by atoms with van der Waals surface area (Å²) in [4.78, 5) is 26.4. The Morgan fingerprint density at radius 1 is 1.40 bits per heavy atom. The molecular formula is C17H20N2O5S. The number of ether oxygens (including phenoxy) is 1. The van der Waals surface area contributed by atoms with Gasteiger partial charge in [0.2, 0.25) is 0 Å². The van der Waals surface area contributed by atoms with E-state index in [1.165, 1.54) is 6.07 Å². The number of nitro groups is 1. The summed E-state index contributed by atoms with van der Waals surface area (Å²) in [7, 11) is 0. The van der Waals surface area contributed by atoms with Crippen LogP contribution in [0.4, 0.5) is 5.69 Å². The average Bonchev–Trinajstić information content (AvgIpc) is 2.97. The SMILES string of the molecule is CCC(CC)COc1ccc(-c2nc(C)c(C(=O)O)s2)cc1[N+](=O)[O-]. The second-order valence-corrected chi connectivity index (χ2v) is 6.67. The Balaban J connectivity index is 2.34. The molecule has 7 nitrogen and oxygen atoms in total. The van der Waals surface area contributed by atoms with Gasteiger partial charge >= 0.3 is 11.7 Å². The van der Waals surface area contributed by atoms with Crippen LogP contribution in [0.3, 0.4) is 0 Å². The number of hydrogen-bond donors (Lipinski definition) is 1. The van der Waals surface area contributed by atoms with Gasteiger partial charge in [-0.1, -0.05) is 26.7 Å². The number of carboxylic acid groups (broad SMARTS) is 1. The fraction of sp³-hybridized carbons (Fsp3) is 0.412. The number of nitrogens with zero attached hydrogens (tertiary/aromatic N) is 2. The maximum absolute atomic E-state index is 11.4. The van der Waals surface area contributed by atoms with Crippen LogP contribution in [-0.2, 0) is 0 Å². The second kappa shape index (κ2) is 8.06. The lowest BCUT2D eigenvalue weighted by molar-refractivity contribution is -0.385. The molecule has 1 aromatic heterocycles. The van der Waals surface area contributed by atoms with Crippen molar-refractivity contribution in [1.29, 1.82) is 0 Å². The van der Waals surface area contributed by atoms with Gasteiger partial charge in [-0.05, 0) is 25.0 Å². The van der Waals surface area contributed by atoms with Crippen LogP contribution in [-0.4, -0.2) is 27.6 Å². The van der Waals surface area contributed by atoms with E-state index in [2.05, 4.69) is 18.8 Å². The van der Waals surface area contributed by atoms with Crippen LogP contribution < -0.4 is 4.74 Å². The number of nitro benzene ring substituents is 1. The number of hydrogen-bond acceptors (Lipinski definition) is 6. The highest BCUT2D eigenvalue weighted by atomic mass is 32.1. The summed E-state index contributed by atoms with van der Waals surface area (Å²) in [5.74, 6) is -0.493. The minimum Gasteiger partial charge on any atom is -0.487 e. The molecule has 0 spiro atoms. The highest BCUT2D eigenvalue weighted by Gasteiger charge is 2.21. The third-order valence-corrected chi connectivity index (χ3v) is 5.22. The molecule has 25 heavy (non-hydrogen) atoms. The normalized spacial score (nSPS) is 10.9. The number of carboxylic acids is 1. The number of aromatic carboxylic acids is 1. The minimum absolute atomic E-state index is 0.131. The molecule has 2 rings (SSSR count). The molecule has 0 bridgehead atoms. The minimum atomic E-state index is -1.05. The molecule has 0 amide bonds. The van der Waals surface area contributed by atoms with Crippen LogP contribution in [0.2, 0.25) is 0 Å². The molecular weight excluding hydrogens is 344 g/mol. The van der Waals surface area contributed by atoms with Gasteiger partial charge in [0.15, 0.2) is 5.75 Å². The first-order valence-corrected chi connectivity index (χ1v) is 8.81. The molecule has 0 fully saturated rings. The predicted octanol–water partition coefficient (Wildman–Crippen LogP) is 4.54. The lowest BCUT2D eigenvalue weighted by Gasteiger charge is -2.14. The summed E-state index contributed by atoms with van der Waals surface area (Å²) in [6, 6.07) is 4.60. The molecule has 0 aliphatic rings. The lowest BCUT2D eigenvalue weighted by atomic mass is 10.1. The quantitative estimate of drug-likeness (QED) is 0.545. The highest BCUT2D eigenvalue weighted by Crippen LogP contribution is 2.35. The van der Waals surface area contributed by atoms with Crippen molar-refractivity contribution in [3.05, 3.63) is 38.9 Å². The van der Waals surface area contributed by atoms with E-state index in [1.54, 1.807) is 19.1 Å². The number of aromatic nitrogens is 1. The van der Waals surface area contributed by atoms with Crippen LogP contribution in [0.5, 0.6) is 5.75 Å².